The molecule has 1 atom stereocenters. The van der Waals surface area contributed by atoms with Crippen molar-refractivity contribution >= 4 is 29.3 Å². The molecule has 2 aromatic carbocycles. The molecule has 7 nitrogen and oxygen atoms in total. The maximum absolute atomic E-state index is 13.4. The van der Waals surface area contributed by atoms with Crippen LogP contribution in [0.3, 0.4) is 0 Å². The number of alkyl carbamates (subject to hydrolysis) is 1. The zero-order valence-corrected chi connectivity index (χ0v) is 20.5. The number of aliphatic carboxylic acids is 1. The number of amides is 2. The summed E-state index contributed by atoms with van der Waals surface area (Å²) >= 11 is 1.35. The molecule has 0 saturated heterocycles. The van der Waals surface area contributed by atoms with Gasteiger partial charge in [0.05, 0.1) is 6.42 Å². The highest BCUT2D eigenvalue weighted by atomic mass is 32.1. The average Bonchev–Trinajstić information content (AvgIpc) is 3.47. The second kappa shape index (κ2) is 10.7. The molecule has 1 aromatic heterocycles. The molecule has 2 amide bonds. The molecule has 8 heteroatoms. The van der Waals surface area contributed by atoms with Gasteiger partial charge in [0.1, 0.15) is 12.6 Å². The van der Waals surface area contributed by atoms with Crippen LogP contribution in [0.2, 0.25) is 0 Å². The lowest BCUT2D eigenvalue weighted by atomic mass is 9.98. The van der Waals surface area contributed by atoms with E-state index >= 15 is 0 Å². The number of nitrogens with one attached hydrogen (secondary N) is 1. The number of hydrogen-bond acceptors (Lipinski definition) is 5. The number of carbonyl (C=O) groups is 3. The minimum atomic E-state index is -0.986. The summed E-state index contributed by atoms with van der Waals surface area (Å²) in [5.41, 5.74) is 4.48. The summed E-state index contributed by atoms with van der Waals surface area (Å²) in [6.07, 6.45) is -0.869. The summed E-state index contributed by atoms with van der Waals surface area (Å²) in [7, 11) is 0. The van der Waals surface area contributed by atoms with E-state index in [1.165, 1.54) is 16.2 Å². The van der Waals surface area contributed by atoms with Crippen molar-refractivity contribution in [2.45, 2.75) is 38.3 Å². The molecule has 0 radical (unpaired) electrons. The number of rotatable bonds is 9. The number of thiophene rings is 1. The fourth-order valence-electron chi connectivity index (χ4n) is 4.47. The van der Waals surface area contributed by atoms with Crippen LogP contribution in [-0.4, -0.2) is 47.2 Å². The van der Waals surface area contributed by atoms with Crippen molar-refractivity contribution in [3.8, 4) is 11.1 Å². The molecule has 0 bridgehead atoms. The Hall–Kier alpha value is -3.65. The van der Waals surface area contributed by atoms with E-state index < -0.39 is 18.1 Å². The summed E-state index contributed by atoms with van der Waals surface area (Å²) in [4.78, 5) is 39.5. The molecule has 1 aliphatic rings. The van der Waals surface area contributed by atoms with Gasteiger partial charge in [-0.2, -0.15) is 0 Å². The van der Waals surface area contributed by atoms with Gasteiger partial charge in [-0.25, -0.2) is 4.79 Å². The summed E-state index contributed by atoms with van der Waals surface area (Å²) in [5, 5.41) is 13.6. The molecule has 0 spiro atoms. The monoisotopic (exact) mass is 492 g/mol. The quantitative estimate of drug-likeness (QED) is 0.436. The number of nitrogens with zero attached hydrogens (tertiary/aromatic N) is 1. The predicted molar refractivity (Wildman–Crippen MR) is 134 cm³/mol. The first-order valence-corrected chi connectivity index (χ1v) is 12.4. The van der Waals surface area contributed by atoms with Crippen molar-refractivity contribution < 1.29 is 24.2 Å². The van der Waals surface area contributed by atoms with Crippen molar-refractivity contribution in [1.29, 1.82) is 0 Å². The van der Waals surface area contributed by atoms with Crippen molar-refractivity contribution in [3.63, 3.8) is 0 Å². The van der Waals surface area contributed by atoms with E-state index in [0.717, 1.165) is 22.3 Å². The molecule has 3 aromatic rings. The Morgan fingerprint density at radius 2 is 1.63 bits per heavy atom. The van der Waals surface area contributed by atoms with E-state index in [1.807, 2.05) is 55.6 Å². The Morgan fingerprint density at radius 3 is 2.17 bits per heavy atom. The van der Waals surface area contributed by atoms with Crippen molar-refractivity contribution in [2.75, 3.05) is 13.2 Å². The molecule has 4 rings (SSSR count). The van der Waals surface area contributed by atoms with Crippen LogP contribution in [0.4, 0.5) is 4.79 Å². The molecule has 0 aliphatic heterocycles. The van der Waals surface area contributed by atoms with E-state index in [9.17, 15) is 14.4 Å². The highest BCUT2D eigenvalue weighted by molar-refractivity contribution is 7.10. The van der Waals surface area contributed by atoms with Crippen LogP contribution in [0, 0.1) is 0 Å². The summed E-state index contributed by atoms with van der Waals surface area (Å²) in [6.45, 7) is 3.83. The lowest BCUT2D eigenvalue weighted by Crippen LogP contribution is -2.46. The lowest BCUT2D eigenvalue weighted by molar-refractivity contribution is -0.139. The Morgan fingerprint density at radius 1 is 1.00 bits per heavy atom. The molecule has 1 heterocycles. The summed E-state index contributed by atoms with van der Waals surface area (Å²) in [6, 6.07) is 18.5. The molecule has 1 unspecified atom stereocenters. The Bertz CT molecular complexity index is 1160. The number of carboxylic acids is 1. The third kappa shape index (κ3) is 5.38. The largest absolute Gasteiger partial charge is 0.481 e. The maximum Gasteiger partial charge on any atom is 0.408 e. The van der Waals surface area contributed by atoms with E-state index in [0.29, 0.717) is 4.88 Å². The van der Waals surface area contributed by atoms with Gasteiger partial charge in [0, 0.05) is 23.4 Å². The number of carbonyl (C=O) groups excluding carboxylic acids is 2. The minimum Gasteiger partial charge on any atom is -0.481 e. The highest BCUT2D eigenvalue weighted by Crippen LogP contribution is 2.44. The molecule has 1 aliphatic carbocycles. The predicted octanol–water partition coefficient (Wildman–Crippen LogP) is 5.04. The molecule has 182 valence electrons. The Kier molecular flexibility index (Phi) is 7.51. The van der Waals surface area contributed by atoms with Crippen LogP contribution >= 0.6 is 11.3 Å². The second-order valence-corrected chi connectivity index (χ2v) is 9.67. The Labute approximate surface area is 208 Å². The first kappa shape index (κ1) is 24.5. The maximum atomic E-state index is 13.4. The van der Waals surface area contributed by atoms with Gasteiger partial charge >= 0.3 is 12.1 Å². The van der Waals surface area contributed by atoms with Crippen molar-refractivity contribution in [1.82, 2.24) is 10.2 Å². The zero-order chi connectivity index (χ0) is 24.9. The number of benzene rings is 2. The highest BCUT2D eigenvalue weighted by Gasteiger charge is 2.32. The van der Waals surface area contributed by atoms with Crippen LogP contribution in [0.5, 0.6) is 0 Å². The normalized spacial score (nSPS) is 13.1. The number of hydrogen-bond donors (Lipinski definition) is 2. The van der Waals surface area contributed by atoms with Crippen molar-refractivity contribution in [2.24, 2.45) is 0 Å². The number of fused-ring (bicyclic) bond motifs is 3. The van der Waals surface area contributed by atoms with Crippen LogP contribution < -0.4 is 5.32 Å². The average molecular weight is 493 g/mol. The van der Waals surface area contributed by atoms with Gasteiger partial charge in [-0.3, -0.25) is 9.59 Å². The van der Waals surface area contributed by atoms with Crippen LogP contribution in [0.15, 0.2) is 66.0 Å². The van der Waals surface area contributed by atoms with Crippen LogP contribution in [0.1, 0.15) is 48.2 Å². The van der Waals surface area contributed by atoms with E-state index in [1.54, 1.807) is 12.1 Å². The van der Waals surface area contributed by atoms with Gasteiger partial charge in [-0.1, -0.05) is 54.6 Å². The smallest absolute Gasteiger partial charge is 0.408 e. The first-order valence-electron chi connectivity index (χ1n) is 11.5. The minimum absolute atomic E-state index is 0.0556. The van der Waals surface area contributed by atoms with Gasteiger partial charge in [0.2, 0.25) is 0 Å². The molecule has 0 saturated carbocycles. The summed E-state index contributed by atoms with van der Waals surface area (Å²) < 4.78 is 5.65. The number of carboxylic acid groups (broad SMARTS) is 1. The van der Waals surface area contributed by atoms with Gasteiger partial charge in [0.25, 0.3) is 5.91 Å². The fourth-order valence-corrected chi connectivity index (χ4v) is 5.24. The SMILES string of the molecule is CC(C)N(CCC(=O)O)C(=O)C(NC(=O)OCC1c2ccccc2-c2ccccc21)c1cccs1. The molecule has 0 fully saturated rings. The van der Waals surface area contributed by atoms with Gasteiger partial charge in [-0.15, -0.1) is 11.3 Å². The van der Waals surface area contributed by atoms with Crippen molar-refractivity contribution in [3.05, 3.63) is 82.0 Å². The van der Waals surface area contributed by atoms with Gasteiger partial charge in [-0.05, 0) is 47.5 Å². The van der Waals surface area contributed by atoms with E-state index in [2.05, 4.69) is 17.4 Å². The van der Waals surface area contributed by atoms with Gasteiger partial charge < -0.3 is 20.1 Å². The van der Waals surface area contributed by atoms with Crippen LogP contribution in [-0.2, 0) is 14.3 Å². The molecule has 2 N–H and O–H groups in total. The third-order valence-corrected chi connectivity index (χ3v) is 7.09. The van der Waals surface area contributed by atoms with Gasteiger partial charge in [0.15, 0.2) is 0 Å². The molecule has 35 heavy (non-hydrogen) atoms. The molecular formula is C27H28N2O5S. The summed E-state index contributed by atoms with van der Waals surface area (Å²) in [5.74, 6) is -1.44. The fraction of sp³-hybridized carbons (Fsp3) is 0.296. The first-order chi connectivity index (χ1) is 16.9. The number of ether oxygens (including phenoxy) is 1. The Balaban J connectivity index is 1.49. The van der Waals surface area contributed by atoms with Crippen LogP contribution in [0.25, 0.3) is 11.1 Å². The zero-order valence-electron chi connectivity index (χ0n) is 19.6. The second-order valence-electron chi connectivity index (χ2n) is 8.69. The lowest BCUT2D eigenvalue weighted by Gasteiger charge is -2.30. The standard InChI is InChI=1S/C27H28N2O5S/c1-17(2)29(14-13-24(30)31)26(32)25(23-12-7-15-35-23)28-27(33)34-16-22-20-10-5-3-8-18(20)19-9-4-6-11-21(19)22/h3-12,15,17,22,25H,13-14,16H2,1-2H3,(H,28,33)(H,30,31). The van der Waals surface area contributed by atoms with E-state index in [4.69, 9.17) is 9.84 Å². The topological polar surface area (TPSA) is 95.9 Å². The third-order valence-electron chi connectivity index (χ3n) is 6.15. The van der Waals surface area contributed by atoms with E-state index in [-0.39, 0.29) is 37.4 Å². The molecular weight excluding hydrogens is 464 g/mol.